The van der Waals surface area contributed by atoms with Crippen LogP contribution in [0.15, 0.2) is 0 Å². The quantitative estimate of drug-likeness (QED) is 0.373. The topological polar surface area (TPSA) is 41.5 Å². The highest BCUT2D eigenvalue weighted by atomic mass is 16.5. The van der Waals surface area contributed by atoms with E-state index in [9.17, 15) is 0 Å². The van der Waals surface area contributed by atoms with E-state index in [2.05, 4.69) is 26.1 Å². The molecule has 2 N–H and O–H groups in total. The SMILES string of the molecule is CCCCCCCCCCC(C)(C)OCNCCO. The molecule has 0 heterocycles. The molecule has 0 radical (unpaired) electrons. The van der Waals surface area contributed by atoms with Crippen molar-refractivity contribution in [3.63, 3.8) is 0 Å². The van der Waals surface area contributed by atoms with Crippen LogP contribution in [0.5, 0.6) is 0 Å². The van der Waals surface area contributed by atoms with Crippen molar-refractivity contribution in [3.05, 3.63) is 0 Å². The third-order valence-electron chi connectivity index (χ3n) is 3.49. The van der Waals surface area contributed by atoms with Gasteiger partial charge in [0.25, 0.3) is 0 Å². The van der Waals surface area contributed by atoms with Crippen LogP contribution in [0.25, 0.3) is 0 Å². The van der Waals surface area contributed by atoms with Crippen molar-refractivity contribution in [3.8, 4) is 0 Å². The molecule has 0 saturated heterocycles. The summed E-state index contributed by atoms with van der Waals surface area (Å²) in [6, 6.07) is 0. The summed E-state index contributed by atoms with van der Waals surface area (Å²) in [4.78, 5) is 0. The zero-order valence-corrected chi connectivity index (χ0v) is 13.3. The van der Waals surface area contributed by atoms with Crippen LogP contribution in [0.1, 0.15) is 78.6 Å². The van der Waals surface area contributed by atoms with Crippen LogP contribution in [0.4, 0.5) is 0 Å². The van der Waals surface area contributed by atoms with Crippen molar-refractivity contribution in [1.29, 1.82) is 0 Å². The fraction of sp³-hybridized carbons (Fsp3) is 1.00. The van der Waals surface area contributed by atoms with Crippen molar-refractivity contribution < 1.29 is 9.84 Å². The number of hydrogen-bond acceptors (Lipinski definition) is 3. The van der Waals surface area contributed by atoms with Gasteiger partial charge in [-0.2, -0.15) is 0 Å². The molecule has 0 aromatic carbocycles. The predicted octanol–water partition coefficient (Wildman–Crippen LogP) is 3.85. The molecule has 0 aliphatic carbocycles. The second-order valence-electron chi connectivity index (χ2n) is 6.00. The highest BCUT2D eigenvalue weighted by Crippen LogP contribution is 2.19. The minimum Gasteiger partial charge on any atom is -0.395 e. The molecule has 0 unspecified atom stereocenters. The summed E-state index contributed by atoms with van der Waals surface area (Å²) in [7, 11) is 0. The Balaban J connectivity index is 3.32. The second kappa shape index (κ2) is 12.9. The molecule has 0 aromatic heterocycles. The normalized spacial score (nSPS) is 12.0. The smallest absolute Gasteiger partial charge is 0.0973 e. The second-order valence-corrected chi connectivity index (χ2v) is 6.00. The van der Waals surface area contributed by atoms with Gasteiger partial charge in [-0.25, -0.2) is 0 Å². The molecule has 0 rings (SSSR count). The van der Waals surface area contributed by atoms with Crippen LogP contribution < -0.4 is 5.32 Å². The first-order chi connectivity index (χ1) is 9.12. The lowest BCUT2D eigenvalue weighted by atomic mass is 9.99. The third kappa shape index (κ3) is 14.1. The van der Waals surface area contributed by atoms with Gasteiger partial charge >= 0.3 is 0 Å². The van der Waals surface area contributed by atoms with E-state index < -0.39 is 0 Å². The van der Waals surface area contributed by atoms with Crippen LogP contribution in [0.3, 0.4) is 0 Å². The first-order valence-corrected chi connectivity index (χ1v) is 8.08. The number of aliphatic hydroxyl groups excluding tert-OH is 1. The summed E-state index contributed by atoms with van der Waals surface area (Å²) >= 11 is 0. The fourth-order valence-corrected chi connectivity index (χ4v) is 2.15. The first-order valence-electron chi connectivity index (χ1n) is 8.08. The van der Waals surface area contributed by atoms with Crippen molar-refractivity contribution in [2.24, 2.45) is 0 Å². The predicted molar refractivity (Wildman–Crippen MR) is 82.3 cm³/mol. The molecular formula is C16H35NO2. The van der Waals surface area contributed by atoms with Gasteiger partial charge in [-0.05, 0) is 20.3 Å². The lowest BCUT2D eigenvalue weighted by Crippen LogP contribution is -2.31. The lowest BCUT2D eigenvalue weighted by molar-refractivity contribution is -0.0350. The first kappa shape index (κ1) is 18.9. The summed E-state index contributed by atoms with van der Waals surface area (Å²) < 4.78 is 5.77. The largest absolute Gasteiger partial charge is 0.395 e. The Morgan fingerprint density at radius 3 is 2.11 bits per heavy atom. The molecule has 3 heteroatoms. The standard InChI is InChI=1S/C16H35NO2/c1-4-5-6-7-8-9-10-11-12-16(2,3)19-15-17-13-14-18/h17-18H,4-15H2,1-3H3. The molecule has 0 aliphatic heterocycles. The van der Waals surface area contributed by atoms with Crippen LogP contribution in [-0.4, -0.2) is 30.6 Å². The summed E-state index contributed by atoms with van der Waals surface area (Å²) in [5.74, 6) is 0. The van der Waals surface area contributed by atoms with Gasteiger partial charge in [-0.1, -0.05) is 58.3 Å². The van der Waals surface area contributed by atoms with Gasteiger partial charge in [-0.15, -0.1) is 0 Å². The maximum Gasteiger partial charge on any atom is 0.0973 e. The van der Waals surface area contributed by atoms with E-state index in [1.807, 2.05) is 0 Å². The molecule has 0 saturated carbocycles. The van der Waals surface area contributed by atoms with E-state index >= 15 is 0 Å². The monoisotopic (exact) mass is 273 g/mol. The van der Waals surface area contributed by atoms with Crippen molar-refractivity contribution >= 4 is 0 Å². The maximum absolute atomic E-state index is 8.66. The summed E-state index contributed by atoms with van der Waals surface area (Å²) in [5.41, 5.74) is -0.0509. The van der Waals surface area contributed by atoms with E-state index in [1.165, 1.54) is 51.4 Å². The molecule has 0 bridgehead atoms. The van der Waals surface area contributed by atoms with E-state index in [0.29, 0.717) is 13.3 Å². The number of aliphatic hydroxyl groups is 1. The zero-order chi connectivity index (χ0) is 14.4. The Morgan fingerprint density at radius 1 is 0.947 bits per heavy atom. The maximum atomic E-state index is 8.66. The molecule has 0 aromatic rings. The average Bonchev–Trinajstić information content (AvgIpc) is 2.38. The van der Waals surface area contributed by atoms with Crippen LogP contribution in [-0.2, 0) is 4.74 Å². The minimum atomic E-state index is -0.0509. The number of hydrogen-bond donors (Lipinski definition) is 2. The molecule has 0 amide bonds. The van der Waals surface area contributed by atoms with Gasteiger partial charge in [-0.3, -0.25) is 5.32 Å². The van der Waals surface area contributed by atoms with Crippen LogP contribution in [0.2, 0.25) is 0 Å². The lowest BCUT2D eigenvalue weighted by Gasteiger charge is -2.25. The summed E-state index contributed by atoms with van der Waals surface area (Å²) in [5, 5.41) is 11.7. The molecule has 19 heavy (non-hydrogen) atoms. The molecule has 3 nitrogen and oxygen atoms in total. The van der Waals surface area contributed by atoms with E-state index in [-0.39, 0.29) is 12.2 Å². The van der Waals surface area contributed by atoms with Crippen molar-refractivity contribution in [1.82, 2.24) is 5.32 Å². The van der Waals surface area contributed by atoms with Crippen molar-refractivity contribution in [2.75, 3.05) is 19.9 Å². The number of ether oxygens (including phenoxy) is 1. The average molecular weight is 273 g/mol. The molecule has 0 spiro atoms. The van der Waals surface area contributed by atoms with Gasteiger partial charge in [0.05, 0.1) is 18.9 Å². The Kier molecular flexibility index (Phi) is 12.8. The van der Waals surface area contributed by atoms with Gasteiger partial charge in [0.15, 0.2) is 0 Å². The molecule has 0 atom stereocenters. The molecule has 116 valence electrons. The highest BCUT2D eigenvalue weighted by Gasteiger charge is 2.17. The minimum absolute atomic E-state index is 0.0509. The van der Waals surface area contributed by atoms with E-state index in [1.54, 1.807) is 0 Å². The number of nitrogens with one attached hydrogen (secondary N) is 1. The Bertz CT molecular complexity index is 184. The zero-order valence-electron chi connectivity index (χ0n) is 13.3. The Labute approximate surface area is 120 Å². The third-order valence-corrected chi connectivity index (χ3v) is 3.49. The Hall–Kier alpha value is -0.120. The van der Waals surface area contributed by atoms with Gasteiger partial charge in [0.1, 0.15) is 0 Å². The fourth-order valence-electron chi connectivity index (χ4n) is 2.15. The Morgan fingerprint density at radius 2 is 1.53 bits per heavy atom. The van der Waals surface area contributed by atoms with Crippen molar-refractivity contribution in [2.45, 2.75) is 84.2 Å². The van der Waals surface area contributed by atoms with Crippen LogP contribution >= 0.6 is 0 Å². The number of rotatable bonds is 14. The molecular weight excluding hydrogens is 238 g/mol. The van der Waals surface area contributed by atoms with Crippen LogP contribution in [0, 0.1) is 0 Å². The molecule has 0 aliphatic rings. The van der Waals surface area contributed by atoms with E-state index in [0.717, 1.165) is 6.42 Å². The molecule has 0 fully saturated rings. The van der Waals surface area contributed by atoms with E-state index in [4.69, 9.17) is 9.84 Å². The van der Waals surface area contributed by atoms with Gasteiger partial charge in [0, 0.05) is 6.54 Å². The summed E-state index contributed by atoms with van der Waals surface area (Å²) in [6.07, 6.45) is 12.0. The summed E-state index contributed by atoms with van der Waals surface area (Å²) in [6.45, 7) is 7.86. The van der Waals surface area contributed by atoms with Gasteiger partial charge < -0.3 is 9.84 Å². The number of unbranched alkanes of at least 4 members (excludes halogenated alkanes) is 7. The highest BCUT2D eigenvalue weighted by molar-refractivity contribution is 4.68. The van der Waals surface area contributed by atoms with Gasteiger partial charge in [0.2, 0.25) is 0 Å².